The summed E-state index contributed by atoms with van der Waals surface area (Å²) in [5.41, 5.74) is 1.09. The highest BCUT2D eigenvalue weighted by molar-refractivity contribution is 5.81. The number of nitriles is 1. The number of hydrogen-bond donors (Lipinski definition) is 0. The first-order valence-electron chi connectivity index (χ1n) is 4.76. The van der Waals surface area contributed by atoms with Crippen molar-refractivity contribution >= 4 is 10.9 Å². The normalized spacial score (nSPS) is 11.3. The predicted octanol–water partition coefficient (Wildman–Crippen LogP) is 2.43. The molecule has 74 valence electrons. The Bertz CT molecular complexity index is 533. The van der Waals surface area contributed by atoms with Gasteiger partial charge < -0.3 is 0 Å². The Morgan fingerprint density at radius 3 is 2.67 bits per heavy atom. The SMILES string of the molecule is CC(C)(C#N)c1ncnc2ccccc12. The fourth-order valence-corrected chi connectivity index (χ4v) is 1.56. The summed E-state index contributed by atoms with van der Waals surface area (Å²) >= 11 is 0. The Morgan fingerprint density at radius 2 is 1.93 bits per heavy atom. The Hall–Kier alpha value is -1.95. The lowest BCUT2D eigenvalue weighted by Gasteiger charge is -2.15. The van der Waals surface area contributed by atoms with Crippen LogP contribution in [0, 0.1) is 11.3 Å². The van der Waals surface area contributed by atoms with E-state index in [-0.39, 0.29) is 0 Å². The lowest BCUT2D eigenvalue weighted by Crippen LogP contribution is -2.16. The van der Waals surface area contributed by atoms with Gasteiger partial charge in [-0.1, -0.05) is 18.2 Å². The van der Waals surface area contributed by atoms with Crippen LogP contribution in [0.5, 0.6) is 0 Å². The summed E-state index contributed by atoms with van der Waals surface area (Å²) in [7, 11) is 0. The van der Waals surface area contributed by atoms with Gasteiger partial charge in [-0.25, -0.2) is 9.97 Å². The maximum absolute atomic E-state index is 9.10. The zero-order valence-electron chi connectivity index (χ0n) is 8.73. The van der Waals surface area contributed by atoms with Gasteiger partial charge in [0.2, 0.25) is 0 Å². The van der Waals surface area contributed by atoms with Crippen molar-refractivity contribution in [3.05, 3.63) is 36.3 Å². The molecule has 1 aromatic carbocycles. The number of rotatable bonds is 1. The molecule has 2 rings (SSSR count). The van der Waals surface area contributed by atoms with Crippen LogP contribution in [0.15, 0.2) is 30.6 Å². The molecular weight excluding hydrogens is 186 g/mol. The summed E-state index contributed by atoms with van der Waals surface area (Å²) in [5, 5.41) is 10.0. The van der Waals surface area contributed by atoms with Crippen molar-refractivity contribution in [3.8, 4) is 6.07 Å². The molecule has 1 aromatic heterocycles. The third kappa shape index (κ3) is 1.55. The van der Waals surface area contributed by atoms with Gasteiger partial charge in [0.05, 0.1) is 22.7 Å². The fraction of sp³-hybridized carbons (Fsp3) is 0.250. The Morgan fingerprint density at radius 1 is 1.20 bits per heavy atom. The van der Waals surface area contributed by atoms with E-state index in [0.717, 1.165) is 16.6 Å². The molecule has 2 aromatic rings. The van der Waals surface area contributed by atoms with Gasteiger partial charge in [-0.05, 0) is 19.9 Å². The number of nitrogens with zero attached hydrogens (tertiary/aromatic N) is 3. The van der Waals surface area contributed by atoms with E-state index in [0.29, 0.717) is 0 Å². The van der Waals surface area contributed by atoms with E-state index >= 15 is 0 Å². The minimum atomic E-state index is -0.581. The minimum absolute atomic E-state index is 0.581. The van der Waals surface area contributed by atoms with E-state index in [1.165, 1.54) is 6.33 Å². The van der Waals surface area contributed by atoms with Gasteiger partial charge in [-0.2, -0.15) is 5.26 Å². The van der Waals surface area contributed by atoms with Crippen molar-refractivity contribution in [3.63, 3.8) is 0 Å². The number of fused-ring (bicyclic) bond motifs is 1. The van der Waals surface area contributed by atoms with Gasteiger partial charge >= 0.3 is 0 Å². The van der Waals surface area contributed by atoms with Crippen LogP contribution in [0.2, 0.25) is 0 Å². The second-order valence-electron chi connectivity index (χ2n) is 3.98. The molecule has 0 aliphatic carbocycles. The topological polar surface area (TPSA) is 49.6 Å². The molecule has 0 saturated heterocycles. The molecule has 15 heavy (non-hydrogen) atoms. The first-order chi connectivity index (χ1) is 7.15. The van der Waals surface area contributed by atoms with Crippen LogP contribution in [0.1, 0.15) is 19.5 Å². The molecule has 0 unspecified atom stereocenters. The molecule has 0 amide bonds. The molecule has 0 bridgehead atoms. The van der Waals surface area contributed by atoms with Crippen molar-refractivity contribution in [1.82, 2.24) is 9.97 Å². The maximum atomic E-state index is 9.10. The van der Waals surface area contributed by atoms with Gasteiger partial charge in [0.15, 0.2) is 0 Å². The number of aromatic nitrogens is 2. The van der Waals surface area contributed by atoms with Crippen molar-refractivity contribution in [2.75, 3.05) is 0 Å². The van der Waals surface area contributed by atoms with Crippen LogP contribution in [-0.4, -0.2) is 9.97 Å². The highest BCUT2D eigenvalue weighted by Gasteiger charge is 2.23. The zero-order valence-corrected chi connectivity index (χ0v) is 8.73. The smallest absolute Gasteiger partial charge is 0.116 e. The Labute approximate surface area is 88.4 Å². The molecule has 0 spiro atoms. The second-order valence-corrected chi connectivity index (χ2v) is 3.98. The number of hydrogen-bond acceptors (Lipinski definition) is 3. The molecule has 0 fully saturated rings. The molecule has 0 saturated carbocycles. The van der Waals surface area contributed by atoms with Crippen LogP contribution in [-0.2, 0) is 5.41 Å². The van der Waals surface area contributed by atoms with E-state index < -0.39 is 5.41 Å². The zero-order chi connectivity index (χ0) is 10.9. The van der Waals surface area contributed by atoms with Gasteiger partial charge in [0.25, 0.3) is 0 Å². The monoisotopic (exact) mass is 197 g/mol. The van der Waals surface area contributed by atoms with E-state index in [1.807, 2.05) is 38.1 Å². The Kier molecular flexibility index (Phi) is 2.12. The summed E-state index contributed by atoms with van der Waals surface area (Å²) in [6.45, 7) is 3.73. The van der Waals surface area contributed by atoms with Crippen LogP contribution < -0.4 is 0 Å². The van der Waals surface area contributed by atoms with E-state index in [2.05, 4.69) is 16.0 Å². The molecule has 0 aliphatic heterocycles. The summed E-state index contributed by atoms with van der Waals surface area (Å²) in [6, 6.07) is 9.99. The molecule has 0 atom stereocenters. The molecule has 3 heteroatoms. The van der Waals surface area contributed by atoms with Gasteiger partial charge in [0, 0.05) is 5.39 Å². The average Bonchev–Trinajstić information content (AvgIpc) is 2.28. The van der Waals surface area contributed by atoms with E-state index in [9.17, 15) is 0 Å². The van der Waals surface area contributed by atoms with Crippen molar-refractivity contribution < 1.29 is 0 Å². The molecule has 0 aliphatic rings. The standard InChI is InChI=1S/C12H11N3/c1-12(2,7-13)11-9-5-3-4-6-10(9)14-8-15-11/h3-6,8H,1-2H3. The summed E-state index contributed by atoms with van der Waals surface area (Å²) < 4.78 is 0. The van der Waals surface area contributed by atoms with Crippen molar-refractivity contribution in [1.29, 1.82) is 5.26 Å². The van der Waals surface area contributed by atoms with Crippen LogP contribution in [0.4, 0.5) is 0 Å². The van der Waals surface area contributed by atoms with Crippen molar-refractivity contribution in [2.24, 2.45) is 0 Å². The average molecular weight is 197 g/mol. The fourth-order valence-electron chi connectivity index (χ4n) is 1.56. The van der Waals surface area contributed by atoms with Gasteiger partial charge in [0.1, 0.15) is 6.33 Å². The molecule has 0 radical (unpaired) electrons. The van der Waals surface area contributed by atoms with Crippen LogP contribution in [0.25, 0.3) is 10.9 Å². The summed E-state index contributed by atoms with van der Waals surface area (Å²) in [6.07, 6.45) is 1.51. The van der Waals surface area contributed by atoms with Gasteiger partial charge in [-0.3, -0.25) is 0 Å². The highest BCUT2D eigenvalue weighted by Crippen LogP contribution is 2.26. The minimum Gasteiger partial charge on any atom is -0.239 e. The highest BCUT2D eigenvalue weighted by atomic mass is 14.8. The first kappa shape index (κ1) is 9.60. The third-order valence-electron chi connectivity index (χ3n) is 2.41. The lowest BCUT2D eigenvalue weighted by atomic mass is 9.88. The second kappa shape index (κ2) is 3.32. The predicted molar refractivity (Wildman–Crippen MR) is 58.2 cm³/mol. The summed E-state index contributed by atoms with van der Waals surface area (Å²) in [5.74, 6) is 0. The lowest BCUT2D eigenvalue weighted by molar-refractivity contribution is 0.665. The van der Waals surface area contributed by atoms with E-state index in [4.69, 9.17) is 5.26 Å². The molecular formula is C12H11N3. The largest absolute Gasteiger partial charge is 0.239 e. The van der Waals surface area contributed by atoms with Crippen molar-refractivity contribution in [2.45, 2.75) is 19.3 Å². The molecule has 1 heterocycles. The third-order valence-corrected chi connectivity index (χ3v) is 2.41. The molecule has 3 nitrogen and oxygen atoms in total. The Balaban J connectivity index is 2.78. The quantitative estimate of drug-likeness (QED) is 0.705. The molecule has 0 N–H and O–H groups in total. The van der Waals surface area contributed by atoms with Crippen LogP contribution >= 0.6 is 0 Å². The van der Waals surface area contributed by atoms with E-state index in [1.54, 1.807) is 0 Å². The number of para-hydroxylation sites is 1. The van der Waals surface area contributed by atoms with Crippen LogP contribution in [0.3, 0.4) is 0 Å². The van der Waals surface area contributed by atoms with Gasteiger partial charge in [-0.15, -0.1) is 0 Å². The summed E-state index contributed by atoms with van der Waals surface area (Å²) in [4.78, 5) is 8.38. The number of benzene rings is 1. The first-order valence-corrected chi connectivity index (χ1v) is 4.76. The maximum Gasteiger partial charge on any atom is 0.116 e.